The fourth-order valence-electron chi connectivity index (χ4n) is 1.77. The van der Waals surface area contributed by atoms with Crippen molar-refractivity contribution in [2.24, 2.45) is 0 Å². The standard InChI is InChI=1S/C15H13ClN2O2S/c16-15-18-9-14(21-15)8-17-11-3-5-12(6-4-11)20-10-13-2-1-7-19-13/h1-7,9,17H,8,10H2. The Labute approximate surface area is 131 Å². The lowest BCUT2D eigenvalue weighted by Crippen LogP contribution is -1.98. The van der Waals surface area contributed by atoms with Gasteiger partial charge in [-0.3, -0.25) is 0 Å². The molecule has 108 valence electrons. The number of nitrogens with zero attached hydrogens (tertiary/aromatic N) is 1. The molecule has 0 bridgehead atoms. The predicted molar refractivity (Wildman–Crippen MR) is 83.9 cm³/mol. The van der Waals surface area contributed by atoms with Crippen molar-refractivity contribution < 1.29 is 9.15 Å². The zero-order valence-electron chi connectivity index (χ0n) is 11.1. The highest BCUT2D eigenvalue weighted by Gasteiger charge is 2.01. The van der Waals surface area contributed by atoms with Gasteiger partial charge in [-0.1, -0.05) is 11.6 Å². The molecule has 0 aliphatic rings. The van der Waals surface area contributed by atoms with Crippen LogP contribution in [0, 0.1) is 0 Å². The number of nitrogens with one attached hydrogen (secondary N) is 1. The Hall–Kier alpha value is -1.98. The molecule has 0 saturated carbocycles. The second-order valence-electron chi connectivity index (χ2n) is 4.33. The molecule has 0 spiro atoms. The monoisotopic (exact) mass is 320 g/mol. The van der Waals surface area contributed by atoms with Crippen LogP contribution in [-0.4, -0.2) is 4.98 Å². The molecule has 1 N–H and O–H groups in total. The summed E-state index contributed by atoms with van der Waals surface area (Å²) in [5, 5.41) is 3.31. The Morgan fingerprint density at radius 2 is 2.10 bits per heavy atom. The summed E-state index contributed by atoms with van der Waals surface area (Å²) in [4.78, 5) is 5.10. The number of hydrogen-bond acceptors (Lipinski definition) is 5. The highest BCUT2D eigenvalue weighted by Crippen LogP contribution is 2.21. The van der Waals surface area contributed by atoms with Gasteiger partial charge in [0.2, 0.25) is 0 Å². The number of rotatable bonds is 6. The van der Waals surface area contributed by atoms with Gasteiger partial charge in [0, 0.05) is 16.8 Å². The van der Waals surface area contributed by atoms with Crippen LogP contribution in [0.4, 0.5) is 5.69 Å². The summed E-state index contributed by atoms with van der Waals surface area (Å²) < 4.78 is 11.4. The smallest absolute Gasteiger partial charge is 0.183 e. The van der Waals surface area contributed by atoms with Crippen molar-refractivity contribution in [2.75, 3.05) is 5.32 Å². The molecule has 2 aromatic heterocycles. The second-order valence-corrected chi connectivity index (χ2v) is 6.02. The lowest BCUT2D eigenvalue weighted by Gasteiger charge is -2.07. The summed E-state index contributed by atoms with van der Waals surface area (Å²) in [6, 6.07) is 11.5. The van der Waals surface area contributed by atoms with Crippen LogP contribution in [0.5, 0.6) is 5.75 Å². The zero-order valence-corrected chi connectivity index (χ0v) is 12.7. The van der Waals surface area contributed by atoms with E-state index in [1.807, 2.05) is 36.4 Å². The van der Waals surface area contributed by atoms with Gasteiger partial charge in [0.15, 0.2) is 4.47 Å². The Morgan fingerprint density at radius 3 is 2.76 bits per heavy atom. The summed E-state index contributed by atoms with van der Waals surface area (Å²) in [5.41, 5.74) is 1.02. The lowest BCUT2D eigenvalue weighted by molar-refractivity contribution is 0.270. The normalized spacial score (nSPS) is 10.5. The molecular formula is C15H13ClN2O2S. The molecular weight excluding hydrogens is 308 g/mol. The van der Waals surface area contributed by atoms with Crippen LogP contribution in [0.15, 0.2) is 53.3 Å². The Balaban J connectivity index is 1.51. The topological polar surface area (TPSA) is 47.3 Å². The summed E-state index contributed by atoms with van der Waals surface area (Å²) >= 11 is 7.27. The number of ether oxygens (including phenoxy) is 1. The summed E-state index contributed by atoms with van der Waals surface area (Å²) in [6.45, 7) is 1.14. The first-order valence-corrected chi connectivity index (χ1v) is 7.58. The largest absolute Gasteiger partial charge is 0.486 e. The van der Waals surface area contributed by atoms with E-state index in [4.69, 9.17) is 20.8 Å². The van der Waals surface area contributed by atoms with E-state index in [2.05, 4.69) is 10.3 Å². The van der Waals surface area contributed by atoms with Crippen LogP contribution in [0.25, 0.3) is 0 Å². The molecule has 1 aromatic carbocycles. The molecule has 21 heavy (non-hydrogen) atoms. The van der Waals surface area contributed by atoms with Crippen molar-refractivity contribution in [3.05, 3.63) is 64.0 Å². The molecule has 0 fully saturated rings. The van der Waals surface area contributed by atoms with Gasteiger partial charge in [0.05, 0.1) is 12.8 Å². The molecule has 0 aliphatic heterocycles. The van der Waals surface area contributed by atoms with E-state index in [-0.39, 0.29) is 0 Å². The molecule has 0 radical (unpaired) electrons. The van der Waals surface area contributed by atoms with Crippen LogP contribution in [-0.2, 0) is 13.2 Å². The number of hydrogen-bond donors (Lipinski definition) is 1. The zero-order chi connectivity index (χ0) is 14.5. The average Bonchev–Trinajstić information content (AvgIpc) is 3.15. The van der Waals surface area contributed by atoms with Gasteiger partial charge in [-0.25, -0.2) is 4.98 Å². The number of aromatic nitrogens is 1. The maximum atomic E-state index is 5.80. The minimum Gasteiger partial charge on any atom is -0.486 e. The number of halogens is 1. The molecule has 3 rings (SSSR count). The number of thiazole rings is 1. The van der Waals surface area contributed by atoms with E-state index in [0.29, 0.717) is 17.6 Å². The van der Waals surface area contributed by atoms with Gasteiger partial charge in [0.25, 0.3) is 0 Å². The van der Waals surface area contributed by atoms with Crippen LogP contribution >= 0.6 is 22.9 Å². The number of anilines is 1. The van der Waals surface area contributed by atoms with E-state index in [1.165, 1.54) is 11.3 Å². The third-order valence-corrected chi connectivity index (χ3v) is 3.92. The Morgan fingerprint density at radius 1 is 1.24 bits per heavy atom. The predicted octanol–water partition coefficient (Wildman–Crippen LogP) is 4.58. The minimum absolute atomic E-state index is 0.430. The van der Waals surface area contributed by atoms with Crippen molar-refractivity contribution in [3.8, 4) is 5.75 Å². The van der Waals surface area contributed by atoms with Crippen molar-refractivity contribution >= 4 is 28.6 Å². The maximum Gasteiger partial charge on any atom is 0.183 e. The Kier molecular flexibility index (Phi) is 4.43. The van der Waals surface area contributed by atoms with Crippen molar-refractivity contribution in [2.45, 2.75) is 13.2 Å². The van der Waals surface area contributed by atoms with Crippen LogP contribution < -0.4 is 10.1 Å². The van der Waals surface area contributed by atoms with Crippen LogP contribution in [0.1, 0.15) is 10.6 Å². The van der Waals surface area contributed by atoms with Gasteiger partial charge < -0.3 is 14.5 Å². The molecule has 3 aromatic rings. The van der Waals surface area contributed by atoms with Crippen LogP contribution in [0.2, 0.25) is 4.47 Å². The second kappa shape index (κ2) is 6.65. The van der Waals surface area contributed by atoms with Gasteiger partial charge in [0.1, 0.15) is 18.1 Å². The fourth-order valence-corrected chi connectivity index (χ4v) is 2.69. The van der Waals surface area contributed by atoms with E-state index in [1.54, 1.807) is 12.5 Å². The van der Waals surface area contributed by atoms with Gasteiger partial charge in [-0.2, -0.15) is 0 Å². The number of furan rings is 1. The first-order valence-electron chi connectivity index (χ1n) is 6.39. The Bertz CT molecular complexity index is 680. The highest BCUT2D eigenvalue weighted by molar-refractivity contribution is 7.15. The van der Waals surface area contributed by atoms with Crippen molar-refractivity contribution in [1.82, 2.24) is 4.98 Å². The third-order valence-electron chi connectivity index (χ3n) is 2.81. The first-order chi connectivity index (χ1) is 10.3. The molecule has 0 amide bonds. The molecule has 0 unspecified atom stereocenters. The van der Waals surface area contributed by atoms with E-state index in [9.17, 15) is 0 Å². The average molecular weight is 321 g/mol. The molecule has 6 heteroatoms. The quantitative estimate of drug-likeness (QED) is 0.722. The van der Waals surface area contributed by atoms with Crippen LogP contribution in [0.3, 0.4) is 0 Å². The van der Waals surface area contributed by atoms with Crippen molar-refractivity contribution in [1.29, 1.82) is 0 Å². The fraction of sp³-hybridized carbons (Fsp3) is 0.133. The lowest BCUT2D eigenvalue weighted by atomic mass is 10.3. The number of benzene rings is 1. The minimum atomic E-state index is 0.430. The van der Waals surface area contributed by atoms with Crippen molar-refractivity contribution in [3.63, 3.8) is 0 Å². The van der Waals surface area contributed by atoms with E-state index < -0.39 is 0 Å². The van der Waals surface area contributed by atoms with Gasteiger partial charge >= 0.3 is 0 Å². The molecule has 2 heterocycles. The molecule has 0 atom stereocenters. The van der Waals surface area contributed by atoms with Gasteiger partial charge in [-0.05, 0) is 36.4 Å². The van der Waals surface area contributed by atoms with Gasteiger partial charge in [-0.15, -0.1) is 11.3 Å². The first kappa shape index (κ1) is 14.0. The summed E-state index contributed by atoms with van der Waals surface area (Å²) in [7, 11) is 0. The molecule has 0 saturated heterocycles. The summed E-state index contributed by atoms with van der Waals surface area (Å²) in [6.07, 6.45) is 3.41. The third kappa shape index (κ3) is 4.00. The molecule has 0 aliphatic carbocycles. The highest BCUT2D eigenvalue weighted by atomic mass is 35.5. The molecule has 4 nitrogen and oxygen atoms in total. The maximum absolute atomic E-state index is 5.80. The SMILES string of the molecule is Clc1ncc(CNc2ccc(OCc3ccco3)cc2)s1. The summed E-state index contributed by atoms with van der Waals surface area (Å²) in [5.74, 6) is 1.61. The van der Waals surface area contributed by atoms with E-state index in [0.717, 1.165) is 22.1 Å². The van der Waals surface area contributed by atoms with E-state index >= 15 is 0 Å².